The van der Waals surface area contributed by atoms with Gasteiger partial charge >= 0.3 is 0 Å². The topological polar surface area (TPSA) is 100 Å². The van der Waals surface area contributed by atoms with Gasteiger partial charge in [-0.1, -0.05) is 19.3 Å². The van der Waals surface area contributed by atoms with Crippen LogP contribution in [-0.2, 0) is 4.79 Å². The zero-order valence-corrected chi connectivity index (χ0v) is 13.4. The fourth-order valence-electron chi connectivity index (χ4n) is 3.39. The van der Waals surface area contributed by atoms with Crippen molar-refractivity contribution in [2.24, 2.45) is 0 Å². The van der Waals surface area contributed by atoms with Gasteiger partial charge in [0.1, 0.15) is 12.1 Å². The van der Waals surface area contributed by atoms with E-state index in [1.54, 1.807) is 0 Å². The lowest BCUT2D eigenvalue weighted by molar-refractivity contribution is -0.131. The molecule has 7 heteroatoms. The van der Waals surface area contributed by atoms with Crippen molar-refractivity contribution in [2.75, 3.05) is 13.2 Å². The number of hydrogen-bond acceptors (Lipinski definition) is 5. The van der Waals surface area contributed by atoms with E-state index >= 15 is 0 Å². The maximum Gasteiger partial charge on any atom is 0.238 e. The van der Waals surface area contributed by atoms with Crippen LogP contribution in [0, 0.1) is 22.7 Å². The molecule has 2 atom stereocenters. The SMILES string of the molecule is Cl.N#C[C@@H]1CC[C@H](C#N)N1C(=O)CNC1(CO)CCCCC1. The van der Waals surface area contributed by atoms with E-state index in [1.807, 2.05) is 0 Å². The van der Waals surface area contributed by atoms with Crippen LogP contribution in [-0.4, -0.2) is 46.7 Å². The van der Waals surface area contributed by atoms with Crippen molar-refractivity contribution < 1.29 is 9.90 Å². The van der Waals surface area contributed by atoms with Gasteiger partial charge in [0.2, 0.25) is 5.91 Å². The highest BCUT2D eigenvalue weighted by Crippen LogP contribution is 2.28. The van der Waals surface area contributed by atoms with Gasteiger partial charge in [0.05, 0.1) is 25.3 Å². The quantitative estimate of drug-likeness (QED) is 0.805. The second-order valence-electron chi connectivity index (χ2n) is 6.02. The third-order valence-electron chi connectivity index (χ3n) is 4.70. The molecule has 0 bridgehead atoms. The molecule has 0 radical (unpaired) electrons. The standard InChI is InChI=1S/C15H22N4O2.ClH/c16-8-12-4-5-13(9-17)19(12)14(21)10-18-15(11-20)6-2-1-3-7-15;/h12-13,18,20H,1-7,10-11H2;1H/t12-,13+;. The maximum atomic E-state index is 12.4. The molecule has 6 nitrogen and oxygen atoms in total. The molecule has 22 heavy (non-hydrogen) atoms. The maximum absolute atomic E-state index is 12.4. The molecule has 122 valence electrons. The van der Waals surface area contributed by atoms with Crippen molar-refractivity contribution in [1.82, 2.24) is 10.2 Å². The first kappa shape index (κ1) is 18.7. The lowest BCUT2D eigenvalue weighted by Gasteiger charge is -2.37. The summed E-state index contributed by atoms with van der Waals surface area (Å²) in [7, 11) is 0. The number of hydrogen-bond donors (Lipinski definition) is 2. The Morgan fingerprint density at radius 2 is 1.73 bits per heavy atom. The highest BCUT2D eigenvalue weighted by Gasteiger charge is 2.38. The number of carbonyl (C=O) groups is 1. The Balaban J connectivity index is 0.00000242. The monoisotopic (exact) mass is 326 g/mol. The molecule has 2 aliphatic rings. The fraction of sp³-hybridized carbons (Fsp3) is 0.800. The highest BCUT2D eigenvalue weighted by molar-refractivity contribution is 5.85. The molecule has 0 aromatic rings. The summed E-state index contributed by atoms with van der Waals surface area (Å²) in [6.07, 6.45) is 6.11. The zero-order chi connectivity index (χ0) is 15.3. The van der Waals surface area contributed by atoms with E-state index in [9.17, 15) is 9.90 Å². The van der Waals surface area contributed by atoms with E-state index < -0.39 is 12.1 Å². The van der Waals surface area contributed by atoms with Crippen molar-refractivity contribution in [3.63, 3.8) is 0 Å². The summed E-state index contributed by atoms with van der Waals surface area (Å²) in [5.74, 6) is -0.219. The Hall–Kier alpha value is -1.34. The molecule has 1 saturated heterocycles. The molecule has 2 rings (SSSR count). The summed E-state index contributed by atoms with van der Waals surface area (Å²) in [5, 5.41) is 31.0. The molecule has 1 aliphatic heterocycles. The number of aliphatic hydroxyl groups excluding tert-OH is 1. The summed E-state index contributed by atoms with van der Waals surface area (Å²) in [6, 6.07) is 3.20. The first-order valence-electron chi connectivity index (χ1n) is 7.62. The summed E-state index contributed by atoms with van der Waals surface area (Å²) in [5.41, 5.74) is -0.377. The molecule has 1 aliphatic carbocycles. The number of amides is 1. The number of carbonyl (C=O) groups excluding carboxylic acids is 1. The van der Waals surface area contributed by atoms with Crippen LogP contribution in [0.15, 0.2) is 0 Å². The second kappa shape index (κ2) is 8.33. The van der Waals surface area contributed by atoms with Crippen molar-refractivity contribution in [3.05, 3.63) is 0 Å². The van der Waals surface area contributed by atoms with Crippen molar-refractivity contribution in [1.29, 1.82) is 10.5 Å². The predicted molar refractivity (Wildman–Crippen MR) is 83.0 cm³/mol. The van der Waals surface area contributed by atoms with Crippen LogP contribution in [0.3, 0.4) is 0 Å². The number of nitrogens with zero attached hydrogens (tertiary/aromatic N) is 3. The third-order valence-corrected chi connectivity index (χ3v) is 4.70. The van der Waals surface area contributed by atoms with Gasteiger partial charge in [0.25, 0.3) is 0 Å². The van der Waals surface area contributed by atoms with E-state index in [0.717, 1.165) is 32.1 Å². The van der Waals surface area contributed by atoms with E-state index in [1.165, 1.54) is 4.90 Å². The van der Waals surface area contributed by atoms with Gasteiger partial charge in [0, 0.05) is 5.54 Å². The Labute approximate surface area is 137 Å². The summed E-state index contributed by atoms with van der Waals surface area (Å²) >= 11 is 0. The second-order valence-corrected chi connectivity index (χ2v) is 6.02. The van der Waals surface area contributed by atoms with Crippen LogP contribution in [0.5, 0.6) is 0 Å². The molecule has 1 heterocycles. The molecule has 0 aromatic carbocycles. The van der Waals surface area contributed by atoms with Gasteiger partial charge in [-0.2, -0.15) is 10.5 Å². The molecule has 2 fully saturated rings. The number of nitriles is 2. The van der Waals surface area contributed by atoms with Crippen LogP contribution in [0.2, 0.25) is 0 Å². The third kappa shape index (κ3) is 3.89. The Morgan fingerprint density at radius 3 is 2.18 bits per heavy atom. The van der Waals surface area contributed by atoms with Crippen LogP contribution >= 0.6 is 12.4 Å². The largest absolute Gasteiger partial charge is 0.394 e. The minimum atomic E-state index is -0.500. The van der Waals surface area contributed by atoms with Gasteiger partial charge in [-0.25, -0.2) is 0 Å². The molecular formula is C15H23ClN4O2. The summed E-state index contributed by atoms with van der Waals surface area (Å²) < 4.78 is 0. The molecule has 0 aromatic heterocycles. The van der Waals surface area contributed by atoms with Crippen molar-refractivity contribution >= 4 is 18.3 Å². The van der Waals surface area contributed by atoms with Crippen LogP contribution < -0.4 is 5.32 Å². The predicted octanol–water partition coefficient (Wildman–Crippen LogP) is 1.10. The molecule has 1 saturated carbocycles. The molecule has 0 unspecified atom stereocenters. The smallest absolute Gasteiger partial charge is 0.238 e. The first-order valence-corrected chi connectivity index (χ1v) is 7.62. The minimum absolute atomic E-state index is 0. The normalized spacial score (nSPS) is 26.6. The summed E-state index contributed by atoms with van der Waals surface area (Å²) in [4.78, 5) is 13.8. The number of aliphatic hydroxyl groups is 1. The molecular weight excluding hydrogens is 304 g/mol. The molecule has 0 spiro atoms. The van der Waals surface area contributed by atoms with Gasteiger partial charge in [0.15, 0.2) is 0 Å². The van der Waals surface area contributed by atoms with Gasteiger partial charge in [-0.3, -0.25) is 4.79 Å². The lowest BCUT2D eigenvalue weighted by Crippen LogP contribution is -2.54. The Bertz CT molecular complexity index is 443. The number of halogens is 1. The minimum Gasteiger partial charge on any atom is -0.394 e. The van der Waals surface area contributed by atoms with Crippen LogP contribution in [0.1, 0.15) is 44.9 Å². The van der Waals surface area contributed by atoms with E-state index in [4.69, 9.17) is 10.5 Å². The van der Waals surface area contributed by atoms with Crippen LogP contribution in [0.4, 0.5) is 0 Å². The van der Waals surface area contributed by atoms with E-state index in [-0.39, 0.29) is 37.0 Å². The Kier molecular flexibility index (Phi) is 7.09. The average molecular weight is 327 g/mol. The van der Waals surface area contributed by atoms with Crippen molar-refractivity contribution in [3.8, 4) is 12.1 Å². The number of nitrogens with one attached hydrogen (secondary N) is 1. The van der Waals surface area contributed by atoms with Gasteiger partial charge in [-0.15, -0.1) is 12.4 Å². The summed E-state index contributed by atoms with van der Waals surface area (Å²) in [6.45, 7) is 0.0978. The van der Waals surface area contributed by atoms with Gasteiger partial charge < -0.3 is 15.3 Å². The molecule has 2 N–H and O–H groups in total. The lowest BCUT2D eigenvalue weighted by atomic mass is 9.82. The Morgan fingerprint density at radius 1 is 1.18 bits per heavy atom. The van der Waals surface area contributed by atoms with Crippen LogP contribution in [0.25, 0.3) is 0 Å². The fourth-order valence-corrected chi connectivity index (χ4v) is 3.39. The molecule has 1 amide bonds. The highest BCUT2D eigenvalue weighted by atomic mass is 35.5. The zero-order valence-electron chi connectivity index (χ0n) is 12.6. The first-order chi connectivity index (χ1) is 10.2. The van der Waals surface area contributed by atoms with E-state index in [2.05, 4.69) is 17.5 Å². The average Bonchev–Trinajstić information content (AvgIpc) is 2.96. The number of likely N-dealkylation sites (tertiary alicyclic amines) is 1. The van der Waals surface area contributed by atoms with Crippen molar-refractivity contribution in [2.45, 2.75) is 62.6 Å². The van der Waals surface area contributed by atoms with E-state index in [0.29, 0.717) is 12.8 Å². The number of rotatable bonds is 4. The van der Waals surface area contributed by atoms with Gasteiger partial charge in [-0.05, 0) is 25.7 Å².